The Kier molecular flexibility index (Phi) is 3.23. The molecule has 4 nitrogen and oxygen atoms in total. The topological polar surface area (TPSA) is 47.6 Å². The van der Waals surface area contributed by atoms with Crippen molar-refractivity contribution in [2.75, 3.05) is 7.11 Å². The molecule has 0 bridgehead atoms. The number of benzene rings is 1. The normalized spacial score (nSPS) is 11.6. The quantitative estimate of drug-likeness (QED) is 0.601. The molecule has 0 atom stereocenters. The van der Waals surface area contributed by atoms with Crippen LogP contribution >= 0.6 is 0 Å². The highest BCUT2D eigenvalue weighted by Gasteiger charge is 2.14. The van der Waals surface area contributed by atoms with Crippen LogP contribution in [-0.4, -0.2) is 18.0 Å². The lowest BCUT2D eigenvalue weighted by molar-refractivity contribution is 0.213. The lowest BCUT2D eigenvalue weighted by atomic mass is 10.0. The molecular weight excluding hydrogens is 216 g/mol. The molecule has 0 radical (unpaired) electrons. The molecule has 4 heteroatoms. The van der Waals surface area contributed by atoms with Crippen molar-refractivity contribution in [3.8, 4) is 0 Å². The molecule has 1 heterocycles. The van der Waals surface area contributed by atoms with Crippen molar-refractivity contribution in [2.45, 2.75) is 13.8 Å². The van der Waals surface area contributed by atoms with Crippen molar-refractivity contribution in [1.82, 2.24) is 5.16 Å². The number of rotatable bonds is 3. The molecule has 0 spiro atoms. The SMILES string of the molecule is CO/N=C(\c1ccc(C)cc1)c1nocc1C. The standard InChI is InChI=1S/C13H14N2O2/c1-9-4-6-11(7-5-9)13(14-16-3)12-10(2)8-17-15-12/h4-8H,1-3H3/b14-13+. The molecule has 0 unspecified atom stereocenters. The number of aryl methyl sites for hydroxylation is 2. The van der Waals surface area contributed by atoms with Gasteiger partial charge in [0.15, 0.2) is 0 Å². The number of nitrogens with zero attached hydrogens (tertiary/aromatic N) is 2. The van der Waals surface area contributed by atoms with Gasteiger partial charge < -0.3 is 9.36 Å². The van der Waals surface area contributed by atoms with Gasteiger partial charge in [-0.3, -0.25) is 0 Å². The van der Waals surface area contributed by atoms with E-state index in [1.807, 2.05) is 38.1 Å². The number of hydrogen-bond donors (Lipinski definition) is 0. The maximum Gasteiger partial charge on any atom is 0.139 e. The Labute approximate surface area is 99.9 Å². The maximum absolute atomic E-state index is 4.93. The van der Waals surface area contributed by atoms with Gasteiger partial charge in [0.25, 0.3) is 0 Å². The first-order valence-electron chi connectivity index (χ1n) is 5.32. The summed E-state index contributed by atoms with van der Waals surface area (Å²) in [7, 11) is 1.52. The van der Waals surface area contributed by atoms with E-state index in [-0.39, 0.29) is 0 Å². The summed E-state index contributed by atoms with van der Waals surface area (Å²) in [5.41, 5.74) is 4.47. The van der Waals surface area contributed by atoms with Crippen molar-refractivity contribution in [3.63, 3.8) is 0 Å². The summed E-state index contributed by atoms with van der Waals surface area (Å²) in [6.07, 6.45) is 1.59. The fourth-order valence-electron chi connectivity index (χ4n) is 1.55. The second-order valence-electron chi connectivity index (χ2n) is 3.83. The van der Waals surface area contributed by atoms with E-state index in [2.05, 4.69) is 10.3 Å². The minimum Gasteiger partial charge on any atom is -0.399 e. The molecule has 0 aliphatic heterocycles. The van der Waals surface area contributed by atoms with Gasteiger partial charge in [-0.15, -0.1) is 0 Å². The smallest absolute Gasteiger partial charge is 0.139 e. The van der Waals surface area contributed by atoms with Gasteiger partial charge in [0.05, 0.1) is 0 Å². The van der Waals surface area contributed by atoms with Crippen LogP contribution in [0.5, 0.6) is 0 Å². The van der Waals surface area contributed by atoms with E-state index in [0.717, 1.165) is 11.1 Å². The van der Waals surface area contributed by atoms with Crippen LogP contribution in [0.4, 0.5) is 0 Å². The number of oxime groups is 1. The highest BCUT2D eigenvalue weighted by molar-refractivity contribution is 6.12. The monoisotopic (exact) mass is 230 g/mol. The predicted molar refractivity (Wildman–Crippen MR) is 65.1 cm³/mol. The van der Waals surface area contributed by atoms with Crippen LogP contribution in [0.2, 0.25) is 0 Å². The fraction of sp³-hybridized carbons (Fsp3) is 0.231. The van der Waals surface area contributed by atoms with Crippen molar-refractivity contribution in [1.29, 1.82) is 0 Å². The predicted octanol–water partition coefficient (Wildman–Crippen LogP) is 2.69. The van der Waals surface area contributed by atoms with Crippen LogP contribution in [0.25, 0.3) is 0 Å². The van der Waals surface area contributed by atoms with Gasteiger partial charge in [0.1, 0.15) is 24.8 Å². The molecule has 0 N–H and O–H groups in total. The van der Waals surface area contributed by atoms with Crippen LogP contribution in [0.1, 0.15) is 22.4 Å². The van der Waals surface area contributed by atoms with Crippen molar-refractivity contribution in [3.05, 3.63) is 52.9 Å². The molecule has 17 heavy (non-hydrogen) atoms. The zero-order valence-corrected chi connectivity index (χ0v) is 10.1. The van der Waals surface area contributed by atoms with Gasteiger partial charge in [-0.1, -0.05) is 40.1 Å². The van der Waals surface area contributed by atoms with Crippen molar-refractivity contribution >= 4 is 5.71 Å². The first-order valence-corrected chi connectivity index (χ1v) is 5.32. The van der Waals surface area contributed by atoms with E-state index in [1.165, 1.54) is 12.7 Å². The molecule has 0 amide bonds. The average molecular weight is 230 g/mol. The third-order valence-corrected chi connectivity index (χ3v) is 2.48. The minimum atomic E-state index is 0.679. The van der Waals surface area contributed by atoms with Crippen LogP contribution in [0.3, 0.4) is 0 Å². The van der Waals surface area contributed by atoms with E-state index in [4.69, 9.17) is 9.36 Å². The van der Waals surface area contributed by atoms with Gasteiger partial charge in [0.2, 0.25) is 0 Å². The Morgan fingerprint density at radius 3 is 2.47 bits per heavy atom. The average Bonchev–Trinajstić information content (AvgIpc) is 2.74. The van der Waals surface area contributed by atoms with Gasteiger partial charge in [0, 0.05) is 11.1 Å². The molecule has 0 saturated carbocycles. The highest BCUT2D eigenvalue weighted by Crippen LogP contribution is 2.14. The fourth-order valence-corrected chi connectivity index (χ4v) is 1.55. The summed E-state index contributed by atoms with van der Waals surface area (Å²) in [5.74, 6) is 0. The highest BCUT2D eigenvalue weighted by atomic mass is 16.6. The Balaban J connectivity index is 2.47. The zero-order chi connectivity index (χ0) is 12.3. The summed E-state index contributed by atoms with van der Waals surface area (Å²) in [6.45, 7) is 3.96. The van der Waals surface area contributed by atoms with Gasteiger partial charge in [-0.25, -0.2) is 0 Å². The lowest BCUT2D eigenvalue weighted by Crippen LogP contribution is -2.06. The van der Waals surface area contributed by atoms with E-state index >= 15 is 0 Å². The van der Waals surface area contributed by atoms with Crippen LogP contribution < -0.4 is 0 Å². The third-order valence-electron chi connectivity index (χ3n) is 2.48. The summed E-state index contributed by atoms with van der Waals surface area (Å²) in [6, 6.07) is 8.02. The first kappa shape index (κ1) is 11.4. The van der Waals surface area contributed by atoms with E-state index in [1.54, 1.807) is 6.26 Å². The number of aromatic nitrogens is 1. The molecule has 2 rings (SSSR count). The second-order valence-corrected chi connectivity index (χ2v) is 3.83. The van der Waals surface area contributed by atoms with E-state index < -0.39 is 0 Å². The first-order chi connectivity index (χ1) is 8.22. The minimum absolute atomic E-state index is 0.679. The zero-order valence-electron chi connectivity index (χ0n) is 10.1. The van der Waals surface area contributed by atoms with Gasteiger partial charge in [-0.05, 0) is 13.8 Å². The molecule has 0 fully saturated rings. The lowest BCUT2D eigenvalue weighted by Gasteiger charge is -2.03. The molecule has 2 aromatic rings. The molecule has 1 aromatic heterocycles. The van der Waals surface area contributed by atoms with Gasteiger partial charge >= 0.3 is 0 Å². The van der Waals surface area contributed by atoms with Gasteiger partial charge in [-0.2, -0.15) is 0 Å². The van der Waals surface area contributed by atoms with E-state index in [9.17, 15) is 0 Å². The summed E-state index contributed by atoms with van der Waals surface area (Å²) < 4.78 is 4.93. The summed E-state index contributed by atoms with van der Waals surface area (Å²) in [4.78, 5) is 4.87. The summed E-state index contributed by atoms with van der Waals surface area (Å²) in [5, 5.41) is 7.97. The summed E-state index contributed by atoms with van der Waals surface area (Å²) >= 11 is 0. The third kappa shape index (κ3) is 2.36. The molecule has 0 aliphatic carbocycles. The van der Waals surface area contributed by atoms with Crippen molar-refractivity contribution in [2.24, 2.45) is 5.16 Å². The Morgan fingerprint density at radius 1 is 1.24 bits per heavy atom. The Bertz CT molecular complexity index is 527. The van der Waals surface area contributed by atoms with Crippen LogP contribution in [0, 0.1) is 13.8 Å². The molecule has 88 valence electrons. The maximum atomic E-state index is 4.93. The van der Waals surface area contributed by atoms with Crippen LogP contribution in [0.15, 0.2) is 40.2 Å². The van der Waals surface area contributed by atoms with Crippen LogP contribution in [-0.2, 0) is 4.84 Å². The largest absolute Gasteiger partial charge is 0.399 e. The molecular formula is C13H14N2O2. The Hall–Kier alpha value is -2.10. The second kappa shape index (κ2) is 4.82. The van der Waals surface area contributed by atoms with E-state index in [0.29, 0.717) is 11.4 Å². The molecule has 0 aliphatic rings. The number of hydrogen-bond acceptors (Lipinski definition) is 4. The molecule has 1 aromatic carbocycles. The van der Waals surface area contributed by atoms with Crippen molar-refractivity contribution < 1.29 is 9.36 Å². The Morgan fingerprint density at radius 2 is 1.94 bits per heavy atom. The molecule has 0 saturated heterocycles.